The number of likely N-dealkylation sites (tertiary alicyclic amines) is 1. The lowest BCUT2D eigenvalue weighted by molar-refractivity contribution is -0.134. The fourth-order valence-corrected chi connectivity index (χ4v) is 4.23. The summed E-state index contributed by atoms with van der Waals surface area (Å²) in [7, 11) is 0. The molecule has 1 aromatic carbocycles. The lowest BCUT2D eigenvalue weighted by Gasteiger charge is -2.21. The zero-order valence-corrected chi connectivity index (χ0v) is 19.3. The zero-order chi connectivity index (χ0) is 19.3. The Balaban J connectivity index is 0.00000240. The van der Waals surface area contributed by atoms with E-state index in [0.717, 1.165) is 61.9 Å². The number of ether oxygens (including phenoxy) is 2. The number of fused-ring (bicyclic) bond motifs is 1. The Morgan fingerprint density at radius 1 is 1.21 bits per heavy atom. The summed E-state index contributed by atoms with van der Waals surface area (Å²) in [6.07, 6.45) is 5.49. The first-order chi connectivity index (χ1) is 13.7. The molecule has 1 unspecified atom stereocenters. The second-order valence-electron chi connectivity index (χ2n) is 7.78. The Kier molecular flexibility index (Phi) is 7.85. The predicted octanol–water partition coefficient (Wildman–Crippen LogP) is 2.88. The maximum atomic E-state index is 12.6. The van der Waals surface area contributed by atoms with Gasteiger partial charge in [-0.2, -0.15) is 0 Å². The second-order valence-corrected chi connectivity index (χ2v) is 7.78. The molecule has 0 spiro atoms. The molecule has 1 saturated carbocycles. The van der Waals surface area contributed by atoms with Gasteiger partial charge in [0.1, 0.15) is 0 Å². The summed E-state index contributed by atoms with van der Waals surface area (Å²) in [5, 5.41) is 6.81. The summed E-state index contributed by atoms with van der Waals surface area (Å²) >= 11 is 0. The summed E-state index contributed by atoms with van der Waals surface area (Å²) in [4.78, 5) is 19.4. The molecule has 0 aromatic heterocycles. The molecule has 2 aliphatic heterocycles. The second kappa shape index (κ2) is 10.4. The van der Waals surface area contributed by atoms with Gasteiger partial charge in [-0.15, -0.1) is 24.0 Å². The summed E-state index contributed by atoms with van der Waals surface area (Å²) in [6.45, 7) is 5.30. The van der Waals surface area contributed by atoms with Crippen LogP contribution in [0.2, 0.25) is 0 Å². The minimum atomic E-state index is 0. The Labute approximate surface area is 189 Å². The number of benzene rings is 1. The molecule has 3 aliphatic rings. The molecule has 7 nitrogen and oxygen atoms in total. The normalized spacial score (nSPS) is 21.2. The van der Waals surface area contributed by atoms with Gasteiger partial charge in [0.05, 0.1) is 6.54 Å². The van der Waals surface area contributed by atoms with Gasteiger partial charge in [0.2, 0.25) is 12.7 Å². The number of nitrogens with zero attached hydrogens (tertiary/aromatic N) is 2. The monoisotopic (exact) mass is 514 g/mol. The van der Waals surface area contributed by atoms with Crippen molar-refractivity contribution in [2.75, 3.05) is 26.4 Å². The van der Waals surface area contributed by atoms with E-state index < -0.39 is 0 Å². The number of carbonyl (C=O) groups is 1. The van der Waals surface area contributed by atoms with Crippen molar-refractivity contribution in [3.63, 3.8) is 0 Å². The van der Waals surface area contributed by atoms with E-state index in [-0.39, 0.29) is 42.7 Å². The molecule has 29 heavy (non-hydrogen) atoms. The standard InChI is InChI=1S/C21H30N4O3.HI/c1-2-22-21(23-12-15-7-8-18-19(11-15)28-14-27-18)24-17-9-10-25(13-17)20(26)16-5-3-4-6-16;/h7-8,11,16-17H,2-6,9-10,12-14H2,1H3,(H2,22,23,24);1H. The minimum absolute atomic E-state index is 0. The fraction of sp³-hybridized carbons (Fsp3) is 0.619. The van der Waals surface area contributed by atoms with Crippen molar-refractivity contribution in [1.82, 2.24) is 15.5 Å². The molecule has 0 radical (unpaired) electrons. The van der Waals surface area contributed by atoms with Crippen molar-refractivity contribution in [2.45, 2.75) is 51.6 Å². The molecule has 1 aromatic rings. The minimum Gasteiger partial charge on any atom is -0.454 e. The van der Waals surface area contributed by atoms with Crippen LogP contribution in [-0.4, -0.2) is 49.2 Å². The highest BCUT2D eigenvalue weighted by Crippen LogP contribution is 2.32. The van der Waals surface area contributed by atoms with Crippen molar-refractivity contribution in [3.05, 3.63) is 23.8 Å². The molecule has 4 rings (SSSR count). The topological polar surface area (TPSA) is 75.2 Å². The van der Waals surface area contributed by atoms with E-state index in [1.165, 1.54) is 12.8 Å². The van der Waals surface area contributed by atoms with E-state index in [0.29, 0.717) is 12.5 Å². The van der Waals surface area contributed by atoms with Crippen molar-refractivity contribution in [2.24, 2.45) is 10.9 Å². The molecule has 160 valence electrons. The number of rotatable bonds is 5. The Bertz CT molecular complexity index is 737. The lowest BCUT2D eigenvalue weighted by atomic mass is 10.1. The Morgan fingerprint density at radius 2 is 2.00 bits per heavy atom. The lowest BCUT2D eigenvalue weighted by Crippen LogP contribution is -2.45. The molecule has 1 aliphatic carbocycles. The van der Waals surface area contributed by atoms with Gasteiger partial charge >= 0.3 is 0 Å². The molecular formula is C21H31IN4O3. The average molecular weight is 514 g/mol. The van der Waals surface area contributed by atoms with Crippen LogP contribution in [0, 0.1) is 5.92 Å². The van der Waals surface area contributed by atoms with Gasteiger partial charge in [0.15, 0.2) is 17.5 Å². The first-order valence-electron chi connectivity index (χ1n) is 10.4. The van der Waals surface area contributed by atoms with Gasteiger partial charge in [-0.25, -0.2) is 4.99 Å². The third kappa shape index (κ3) is 5.46. The van der Waals surface area contributed by atoms with Crippen LogP contribution in [0.1, 0.15) is 44.6 Å². The Hall–Kier alpha value is -1.71. The molecule has 2 fully saturated rings. The number of nitrogens with one attached hydrogen (secondary N) is 2. The van der Waals surface area contributed by atoms with Gasteiger partial charge in [-0.05, 0) is 43.9 Å². The highest BCUT2D eigenvalue weighted by molar-refractivity contribution is 14.0. The van der Waals surface area contributed by atoms with Gasteiger partial charge in [0, 0.05) is 31.6 Å². The maximum Gasteiger partial charge on any atom is 0.231 e. The maximum absolute atomic E-state index is 12.6. The largest absolute Gasteiger partial charge is 0.454 e. The quantitative estimate of drug-likeness (QED) is 0.359. The van der Waals surface area contributed by atoms with E-state index in [1.807, 2.05) is 23.1 Å². The summed E-state index contributed by atoms with van der Waals surface area (Å²) in [5.41, 5.74) is 1.07. The highest BCUT2D eigenvalue weighted by Gasteiger charge is 2.32. The number of hydrogen-bond acceptors (Lipinski definition) is 4. The van der Waals surface area contributed by atoms with Crippen LogP contribution in [0.3, 0.4) is 0 Å². The first-order valence-corrected chi connectivity index (χ1v) is 10.4. The Morgan fingerprint density at radius 3 is 2.79 bits per heavy atom. The van der Waals surface area contributed by atoms with Crippen molar-refractivity contribution >= 4 is 35.8 Å². The van der Waals surface area contributed by atoms with E-state index in [4.69, 9.17) is 14.5 Å². The summed E-state index contributed by atoms with van der Waals surface area (Å²) < 4.78 is 10.8. The number of guanidine groups is 1. The highest BCUT2D eigenvalue weighted by atomic mass is 127. The summed E-state index contributed by atoms with van der Waals surface area (Å²) in [6, 6.07) is 6.17. The molecule has 0 bridgehead atoms. The number of amides is 1. The van der Waals surface area contributed by atoms with Crippen LogP contribution in [0.15, 0.2) is 23.2 Å². The van der Waals surface area contributed by atoms with Crippen LogP contribution in [0.25, 0.3) is 0 Å². The number of halogens is 1. The zero-order valence-electron chi connectivity index (χ0n) is 17.0. The van der Waals surface area contributed by atoms with Crippen LogP contribution in [0.4, 0.5) is 0 Å². The first kappa shape index (κ1) is 22.0. The van der Waals surface area contributed by atoms with Crippen molar-refractivity contribution in [1.29, 1.82) is 0 Å². The SMILES string of the molecule is CCNC(=NCc1ccc2c(c1)OCO2)NC1CCN(C(=O)C2CCCC2)C1.I. The van der Waals surface area contributed by atoms with E-state index in [1.54, 1.807) is 0 Å². The molecular weight excluding hydrogens is 483 g/mol. The number of hydrogen-bond donors (Lipinski definition) is 2. The molecule has 1 amide bonds. The molecule has 8 heteroatoms. The van der Waals surface area contributed by atoms with E-state index >= 15 is 0 Å². The third-order valence-electron chi connectivity index (χ3n) is 5.75. The predicted molar refractivity (Wildman–Crippen MR) is 123 cm³/mol. The third-order valence-corrected chi connectivity index (χ3v) is 5.75. The molecule has 1 atom stereocenters. The van der Waals surface area contributed by atoms with Crippen LogP contribution < -0.4 is 20.1 Å². The van der Waals surface area contributed by atoms with Crippen molar-refractivity contribution in [3.8, 4) is 11.5 Å². The van der Waals surface area contributed by atoms with Gasteiger partial charge in [-0.3, -0.25) is 4.79 Å². The molecule has 1 saturated heterocycles. The number of carbonyl (C=O) groups excluding carboxylic acids is 1. The smallest absolute Gasteiger partial charge is 0.231 e. The van der Waals surface area contributed by atoms with Crippen LogP contribution >= 0.6 is 24.0 Å². The molecule has 2 N–H and O–H groups in total. The van der Waals surface area contributed by atoms with Gasteiger partial charge in [0.25, 0.3) is 0 Å². The van der Waals surface area contributed by atoms with Gasteiger partial charge in [-0.1, -0.05) is 18.9 Å². The van der Waals surface area contributed by atoms with Crippen LogP contribution in [-0.2, 0) is 11.3 Å². The average Bonchev–Trinajstić information content (AvgIpc) is 3.46. The van der Waals surface area contributed by atoms with Gasteiger partial charge < -0.3 is 25.0 Å². The van der Waals surface area contributed by atoms with Crippen LogP contribution in [0.5, 0.6) is 11.5 Å². The fourth-order valence-electron chi connectivity index (χ4n) is 4.23. The summed E-state index contributed by atoms with van der Waals surface area (Å²) in [5.74, 6) is 2.97. The van der Waals surface area contributed by atoms with E-state index in [2.05, 4.69) is 17.6 Å². The van der Waals surface area contributed by atoms with E-state index in [9.17, 15) is 4.79 Å². The van der Waals surface area contributed by atoms with Crippen molar-refractivity contribution < 1.29 is 14.3 Å². The molecule has 2 heterocycles. The number of aliphatic imine (C=N–C) groups is 1.